The zero-order chi connectivity index (χ0) is 19.3. The molecule has 6 heteroatoms. The van der Waals surface area contributed by atoms with Crippen LogP contribution in [0.1, 0.15) is 12.0 Å². The maximum absolute atomic E-state index is 12.5. The number of benzene rings is 2. The van der Waals surface area contributed by atoms with Crippen molar-refractivity contribution in [2.45, 2.75) is 6.42 Å². The maximum atomic E-state index is 12.5. The number of hydrogen-bond acceptors (Lipinski definition) is 5. The molecule has 0 spiro atoms. The molecule has 2 aliphatic heterocycles. The summed E-state index contributed by atoms with van der Waals surface area (Å²) < 4.78 is 11.3. The van der Waals surface area contributed by atoms with Gasteiger partial charge in [0.25, 0.3) is 0 Å². The Balaban J connectivity index is 1.34. The number of ether oxygens (including phenoxy) is 2. The molecule has 0 bridgehead atoms. The first-order valence-corrected chi connectivity index (χ1v) is 9.60. The highest BCUT2D eigenvalue weighted by Crippen LogP contribution is 2.30. The molecule has 0 radical (unpaired) electrons. The molecule has 1 N–H and O–H groups in total. The third kappa shape index (κ3) is 4.22. The second-order valence-electron chi connectivity index (χ2n) is 6.92. The molecule has 0 unspecified atom stereocenters. The van der Waals surface area contributed by atoms with Gasteiger partial charge in [-0.3, -0.25) is 4.79 Å². The van der Waals surface area contributed by atoms with Crippen LogP contribution >= 0.6 is 0 Å². The molecule has 0 atom stereocenters. The van der Waals surface area contributed by atoms with Crippen LogP contribution in [0, 0.1) is 0 Å². The fourth-order valence-corrected chi connectivity index (χ4v) is 3.40. The van der Waals surface area contributed by atoms with Crippen LogP contribution in [0.25, 0.3) is 6.08 Å². The van der Waals surface area contributed by atoms with E-state index >= 15 is 0 Å². The van der Waals surface area contributed by atoms with Gasteiger partial charge in [-0.05, 0) is 48.0 Å². The van der Waals surface area contributed by atoms with E-state index in [-0.39, 0.29) is 11.7 Å². The van der Waals surface area contributed by atoms with Crippen LogP contribution in [-0.2, 0) is 4.79 Å². The fraction of sp³-hybridized carbons (Fsp3) is 0.318. The molecule has 0 aromatic heterocycles. The number of amides is 1. The Labute approximate surface area is 164 Å². The second-order valence-corrected chi connectivity index (χ2v) is 6.92. The summed E-state index contributed by atoms with van der Waals surface area (Å²) in [6.07, 6.45) is 4.31. The van der Waals surface area contributed by atoms with Gasteiger partial charge in [0, 0.05) is 44.4 Å². The predicted molar refractivity (Wildman–Crippen MR) is 108 cm³/mol. The van der Waals surface area contributed by atoms with Crippen LogP contribution in [0.5, 0.6) is 17.2 Å². The van der Waals surface area contributed by atoms with Crippen molar-refractivity contribution in [3.8, 4) is 17.2 Å². The molecule has 2 aliphatic rings. The highest BCUT2D eigenvalue weighted by molar-refractivity contribution is 5.92. The number of fused-ring (bicyclic) bond motifs is 1. The number of piperazine rings is 1. The molecule has 2 aromatic rings. The smallest absolute Gasteiger partial charge is 0.246 e. The quantitative estimate of drug-likeness (QED) is 0.830. The van der Waals surface area contributed by atoms with Crippen LogP contribution in [-0.4, -0.2) is 55.3 Å². The zero-order valence-corrected chi connectivity index (χ0v) is 15.7. The van der Waals surface area contributed by atoms with Crippen molar-refractivity contribution in [1.82, 2.24) is 4.90 Å². The van der Waals surface area contributed by atoms with Gasteiger partial charge < -0.3 is 24.4 Å². The molecule has 0 aliphatic carbocycles. The number of rotatable bonds is 3. The average Bonchev–Trinajstić information content (AvgIpc) is 2.98. The molecule has 1 amide bonds. The van der Waals surface area contributed by atoms with Crippen molar-refractivity contribution in [1.29, 1.82) is 0 Å². The van der Waals surface area contributed by atoms with E-state index in [4.69, 9.17) is 9.47 Å². The molecule has 2 heterocycles. The van der Waals surface area contributed by atoms with Gasteiger partial charge in [0.1, 0.15) is 5.75 Å². The van der Waals surface area contributed by atoms with Crippen molar-refractivity contribution in [3.63, 3.8) is 0 Å². The highest BCUT2D eigenvalue weighted by atomic mass is 16.5. The van der Waals surface area contributed by atoms with E-state index in [2.05, 4.69) is 4.90 Å². The first-order chi connectivity index (χ1) is 13.7. The van der Waals surface area contributed by atoms with Gasteiger partial charge in [0.15, 0.2) is 11.5 Å². The van der Waals surface area contributed by atoms with E-state index in [1.807, 2.05) is 41.3 Å². The first kappa shape index (κ1) is 18.2. The van der Waals surface area contributed by atoms with Crippen LogP contribution in [0.3, 0.4) is 0 Å². The first-order valence-electron chi connectivity index (χ1n) is 9.60. The lowest BCUT2D eigenvalue weighted by Crippen LogP contribution is -2.48. The van der Waals surface area contributed by atoms with Crippen molar-refractivity contribution in [2.75, 3.05) is 44.3 Å². The summed E-state index contributed by atoms with van der Waals surface area (Å²) in [7, 11) is 0. The number of hydrogen-bond donors (Lipinski definition) is 1. The molecule has 146 valence electrons. The second kappa shape index (κ2) is 8.25. The van der Waals surface area contributed by atoms with E-state index in [1.54, 1.807) is 18.2 Å². The Morgan fingerprint density at radius 1 is 0.929 bits per heavy atom. The normalized spacial score (nSPS) is 16.9. The molecule has 0 saturated carbocycles. The molecule has 4 rings (SSSR count). The summed E-state index contributed by atoms with van der Waals surface area (Å²) >= 11 is 0. The average molecular weight is 380 g/mol. The van der Waals surface area contributed by atoms with E-state index in [0.29, 0.717) is 26.3 Å². The van der Waals surface area contributed by atoms with Gasteiger partial charge in [-0.15, -0.1) is 0 Å². The fourth-order valence-electron chi connectivity index (χ4n) is 3.40. The van der Waals surface area contributed by atoms with E-state index in [9.17, 15) is 9.90 Å². The number of nitrogens with zero attached hydrogens (tertiary/aromatic N) is 2. The van der Waals surface area contributed by atoms with Crippen molar-refractivity contribution >= 4 is 17.7 Å². The zero-order valence-electron chi connectivity index (χ0n) is 15.7. The number of anilines is 1. The van der Waals surface area contributed by atoms with Crippen LogP contribution < -0.4 is 14.4 Å². The SMILES string of the molecule is O=C(/C=C/c1ccc2c(c1)OCCCO2)N1CCN(c2ccc(O)cc2)CC1. The van der Waals surface area contributed by atoms with Gasteiger partial charge in [-0.1, -0.05) is 6.07 Å². The standard InChI is InChI=1S/C22H24N2O4/c25-19-6-4-18(5-7-19)23-10-12-24(13-11-23)22(26)9-3-17-2-8-20-21(16-17)28-15-1-14-27-20/h2-9,16,25H,1,10-15H2/b9-3+. The lowest BCUT2D eigenvalue weighted by atomic mass is 10.1. The van der Waals surface area contributed by atoms with Crippen molar-refractivity contribution < 1.29 is 19.4 Å². The Morgan fingerprint density at radius 2 is 1.64 bits per heavy atom. The topological polar surface area (TPSA) is 62.2 Å². The number of aromatic hydroxyl groups is 1. The van der Waals surface area contributed by atoms with E-state index in [1.165, 1.54) is 0 Å². The third-order valence-corrected chi connectivity index (χ3v) is 5.00. The van der Waals surface area contributed by atoms with Gasteiger partial charge >= 0.3 is 0 Å². The Bertz CT molecular complexity index is 855. The minimum absolute atomic E-state index is 0.0115. The number of phenolic OH excluding ortho intramolecular Hbond substituents is 1. The van der Waals surface area contributed by atoms with Crippen LogP contribution in [0.4, 0.5) is 5.69 Å². The Hall–Kier alpha value is -3.15. The van der Waals surface area contributed by atoms with Gasteiger partial charge in [-0.25, -0.2) is 0 Å². The largest absolute Gasteiger partial charge is 0.508 e. The minimum Gasteiger partial charge on any atom is -0.508 e. The lowest BCUT2D eigenvalue weighted by molar-refractivity contribution is -0.126. The summed E-state index contributed by atoms with van der Waals surface area (Å²) in [5, 5.41) is 9.41. The molecule has 2 aromatic carbocycles. The third-order valence-electron chi connectivity index (χ3n) is 5.00. The molecule has 1 saturated heterocycles. The Kier molecular flexibility index (Phi) is 5.37. The molecule has 28 heavy (non-hydrogen) atoms. The highest BCUT2D eigenvalue weighted by Gasteiger charge is 2.20. The number of carbonyl (C=O) groups excluding carboxylic acids is 1. The number of phenols is 1. The summed E-state index contributed by atoms with van der Waals surface area (Å²) in [4.78, 5) is 16.6. The summed E-state index contributed by atoms with van der Waals surface area (Å²) in [6, 6.07) is 12.9. The summed E-state index contributed by atoms with van der Waals surface area (Å²) in [5.41, 5.74) is 1.98. The van der Waals surface area contributed by atoms with Crippen LogP contribution in [0.2, 0.25) is 0 Å². The monoisotopic (exact) mass is 380 g/mol. The summed E-state index contributed by atoms with van der Waals surface area (Å²) in [6.45, 7) is 4.19. The molecular weight excluding hydrogens is 356 g/mol. The Morgan fingerprint density at radius 3 is 2.39 bits per heavy atom. The predicted octanol–water partition coefficient (Wildman–Crippen LogP) is 2.92. The minimum atomic E-state index is 0.0115. The van der Waals surface area contributed by atoms with Gasteiger partial charge in [-0.2, -0.15) is 0 Å². The van der Waals surface area contributed by atoms with Gasteiger partial charge in [0.2, 0.25) is 5.91 Å². The molecule has 6 nitrogen and oxygen atoms in total. The van der Waals surface area contributed by atoms with E-state index < -0.39 is 0 Å². The van der Waals surface area contributed by atoms with Gasteiger partial charge in [0.05, 0.1) is 13.2 Å². The van der Waals surface area contributed by atoms with Crippen molar-refractivity contribution in [3.05, 3.63) is 54.1 Å². The van der Waals surface area contributed by atoms with E-state index in [0.717, 1.165) is 42.3 Å². The molecule has 1 fully saturated rings. The maximum Gasteiger partial charge on any atom is 0.246 e. The summed E-state index contributed by atoms with van der Waals surface area (Å²) in [5.74, 6) is 1.76. The molecular formula is C22H24N2O4. The lowest BCUT2D eigenvalue weighted by Gasteiger charge is -2.35. The van der Waals surface area contributed by atoms with Crippen LogP contribution in [0.15, 0.2) is 48.5 Å². The number of carbonyl (C=O) groups is 1. The van der Waals surface area contributed by atoms with Crippen molar-refractivity contribution in [2.24, 2.45) is 0 Å².